The average molecular weight is 329 g/mol. The molecular formula is C17H19N3O4. The fourth-order valence-corrected chi connectivity index (χ4v) is 3.30. The van der Waals surface area contributed by atoms with Crippen LogP contribution in [-0.4, -0.2) is 59.5 Å². The number of aryl methyl sites for hydroxylation is 1. The Morgan fingerprint density at radius 3 is 2.54 bits per heavy atom. The lowest BCUT2D eigenvalue weighted by Gasteiger charge is -2.43. The van der Waals surface area contributed by atoms with Gasteiger partial charge < -0.3 is 18.8 Å². The van der Waals surface area contributed by atoms with Crippen LogP contribution in [0.1, 0.15) is 22.7 Å². The van der Waals surface area contributed by atoms with Gasteiger partial charge in [0.1, 0.15) is 0 Å². The lowest BCUT2D eigenvalue weighted by Crippen LogP contribution is -2.59. The third-order valence-corrected chi connectivity index (χ3v) is 4.64. The summed E-state index contributed by atoms with van der Waals surface area (Å²) in [6.07, 6.45) is 0.818. The van der Waals surface area contributed by atoms with Crippen LogP contribution in [0.15, 0.2) is 28.7 Å². The zero-order valence-corrected chi connectivity index (χ0v) is 13.5. The summed E-state index contributed by atoms with van der Waals surface area (Å²) in [6, 6.07) is 7.27. The van der Waals surface area contributed by atoms with Crippen molar-refractivity contribution >= 4 is 5.91 Å². The normalized spacial score (nSPS) is 23.8. The molecule has 1 unspecified atom stereocenters. The van der Waals surface area contributed by atoms with Gasteiger partial charge in [-0.15, -0.1) is 10.2 Å². The summed E-state index contributed by atoms with van der Waals surface area (Å²) < 4.78 is 16.5. The molecule has 4 rings (SSSR count). The monoisotopic (exact) mass is 329 g/mol. The zero-order valence-electron chi connectivity index (χ0n) is 13.5. The molecule has 126 valence electrons. The molecule has 2 aliphatic heterocycles. The first kappa shape index (κ1) is 15.3. The number of benzene rings is 1. The molecule has 1 spiro atoms. The van der Waals surface area contributed by atoms with Gasteiger partial charge in [-0.1, -0.05) is 0 Å². The maximum atomic E-state index is 13.0. The molecule has 0 saturated carbocycles. The van der Waals surface area contributed by atoms with Gasteiger partial charge in [-0.25, -0.2) is 0 Å². The molecule has 1 amide bonds. The van der Waals surface area contributed by atoms with E-state index in [0.717, 1.165) is 12.0 Å². The highest BCUT2D eigenvalue weighted by atomic mass is 16.5. The molecule has 0 radical (unpaired) electrons. The first-order chi connectivity index (χ1) is 11.7. The predicted octanol–water partition coefficient (Wildman–Crippen LogP) is 1.68. The number of amides is 1. The van der Waals surface area contributed by atoms with Crippen LogP contribution in [-0.2, 0) is 9.47 Å². The minimum absolute atomic E-state index is 0.0112. The van der Waals surface area contributed by atoms with E-state index in [4.69, 9.17) is 13.9 Å². The second-order valence-electron chi connectivity index (χ2n) is 6.24. The van der Waals surface area contributed by atoms with Crippen molar-refractivity contribution in [3.8, 4) is 11.5 Å². The molecule has 1 aromatic carbocycles. The zero-order chi connectivity index (χ0) is 16.6. The van der Waals surface area contributed by atoms with Crippen molar-refractivity contribution in [2.24, 2.45) is 0 Å². The molecule has 2 aromatic rings. The number of carbonyl (C=O) groups excluding carboxylic acids is 1. The van der Waals surface area contributed by atoms with Crippen molar-refractivity contribution in [2.45, 2.75) is 18.9 Å². The molecule has 3 heterocycles. The molecule has 2 fully saturated rings. The maximum absolute atomic E-state index is 13.0. The topological polar surface area (TPSA) is 77.7 Å². The maximum Gasteiger partial charge on any atom is 0.254 e. The van der Waals surface area contributed by atoms with Gasteiger partial charge in [0.15, 0.2) is 0 Å². The van der Waals surface area contributed by atoms with Crippen molar-refractivity contribution in [2.75, 3.05) is 33.0 Å². The summed E-state index contributed by atoms with van der Waals surface area (Å²) in [5.74, 6) is 0.984. The van der Waals surface area contributed by atoms with Gasteiger partial charge in [0.2, 0.25) is 11.8 Å². The number of rotatable bonds is 2. The van der Waals surface area contributed by atoms with E-state index in [0.29, 0.717) is 50.3 Å². The lowest BCUT2D eigenvalue weighted by molar-refractivity contribution is -0.0550. The van der Waals surface area contributed by atoms with Gasteiger partial charge >= 0.3 is 0 Å². The minimum atomic E-state index is -0.322. The fraction of sp³-hybridized carbons (Fsp3) is 0.471. The molecule has 2 aliphatic rings. The van der Waals surface area contributed by atoms with Crippen molar-refractivity contribution in [3.05, 3.63) is 35.7 Å². The van der Waals surface area contributed by atoms with E-state index in [9.17, 15) is 4.79 Å². The van der Waals surface area contributed by atoms with E-state index in [1.165, 1.54) is 0 Å². The van der Waals surface area contributed by atoms with Crippen LogP contribution in [0.2, 0.25) is 0 Å². The van der Waals surface area contributed by atoms with Crippen LogP contribution in [0.25, 0.3) is 11.5 Å². The van der Waals surface area contributed by atoms with Gasteiger partial charge in [-0.3, -0.25) is 4.79 Å². The highest BCUT2D eigenvalue weighted by molar-refractivity contribution is 5.95. The van der Waals surface area contributed by atoms with Gasteiger partial charge in [0.25, 0.3) is 5.91 Å². The SMILES string of the molecule is Cc1nnc(-c2ccc(C(=O)N3CCOCC34CCOC4)cc2)o1. The highest BCUT2D eigenvalue weighted by Crippen LogP contribution is 2.31. The van der Waals surface area contributed by atoms with E-state index in [2.05, 4.69) is 10.2 Å². The molecule has 1 aromatic heterocycles. The van der Waals surface area contributed by atoms with E-state index in [1.807, 2.05) is 17.0 Å². The number of nitrogens with zero attached hydrogens (tertiary/aromatic N) is 3. The van der Waals surface area contributed by atoms with Crippen molar-refractivity contribution in [1.82, 2.24) is 15.1 Å². The number of aromatic nitrogens is 2. The van der Waals surface area contributed by atoms with Crippen molar-refractivity contribution in [3.63, 3.8) is 0 Å². The number of hydrogen-bond donors (Lipinski definition) is 0. The summed E-state index contributed by atoms with van der Waals surface area (Å²) in [5, 5.41) is 7.82. The quantitative estimate of drug-likeness (QED) is 0.834. The molecule has 7 heteroatoms. The molecule has 2 saturated heterocycles. The Kier molecular flexibility index (Phi) is 3.82. The van der Waals surface area contributed by atoms with E-state index < -0.39 is 0 Å². The molecule has 7 nitrogen and oxygen atoms in total. The second kappa shape index (κ2) is 5.99. The van der Waals surface area contributed by atoms with Crippen LogP contribution in [0.4, 0.5) is 0 Å². The first-order valence-corrected chi connectivity index (χ1v) is 8.06. The standard InChI is InChI=1S/C17H19N3O4/c1-12-18-19-15(24-12)13-2-4-14(5-3-13)16(21)20-7-9-23-11-17(20)6-8-22-10-17/h2-5H,6-11H2,1H3. The van der Waals surface area contributed by atoms with E-state index in [1.54, 1.807) is 19.1 Å². The molecule has 1 atom stereocenters. The van der Waals surface area contributed by atoms with Crippen LogP contribution >= 0.6 is 0 Å². The van der Waals surface area contributed by atoms with Gasteiger partial charge in [-0.05, 0) is 30.7 Å². The summed E-state index contributed by atoms with van der Waals surface area (Å²) in [5.41, 5.74) is 1.12. The smallest absolute Gasteiger partial charge is 0.254 e. The van der Waals surface area contributed by atoms with E-state index in [-0.39, 0.29) is 11.4 Å². The minimum Gasteiger partial charge on any atom is -0.421 e. The van der Waals surface area contributed by atoms with E-state index >= 15 is 0 Å². The molecule has 24 heavy (non-hydrogen) atoms. The Balaban J connectivity index is 1.57. The first-order valence-electron chi connectivity index (χ1n) is 8.06. The Labute approximate surface area is 139 Å². The highest BCUT2D eigenvalue weighted by Gasteiger charge is 2.45. The number of morpholine rings is 1. The third-order valence-electron chi connectivity index (χ3n) is 4.64. The average Bonchev–Trinajstić information content (AvgIpc) is 3.25. The number of ether oxygens (including phenoxy) is 2. The van der Waals surface area contributed by atoms with Gasteiger partial charge in [-0.2, -0.15) is 0 Å². The van der Waals surface area contributed by atoms with Crippen molar-refractivity contribution in [1.29, 1.82) is 0 Å². The Bertz CT molecular complexity index is 735. The van der Waals surface area contributed by atoms with Crippen LogP contribution in [0, 0.1) is 6.92 Å². The summed E-state index contributed by atoms with van der Waals surface area (Å²) in [4.78, 5) is 14.9. The molecule has 0 bridgehead atoms. The Morgan fingerprint density at radius 2 is 1.88 bits per heavy atom. The second-order valence-corrected chi connectivity index (χ2v) is 6.24. The molecular weight excluding hydrogens is 310 g/mol. The predicted molar refractivity (Wildman–Crippen MR) is 84.5 cm³/mol. The molecule has 0 aliphatic carbocycles. The summed E-state index contributed by atoms with van der Waals surface area (Å²) in [6.45, 7) is 4.65. The molecule has 0 N–H and O–H groups in total. The summed E-state index contributed by atoms with van der Waals surface area (Å²) >= 11 is 0. The van der Waals surface area contributed by atoms with Gasteiger partial charge in [0, 0.05) is 31.2 Å². The lowest BCUT2D eigenvalue weighted by atomic mass is 9.94. The van der Waals surface area contributed by atoms with Gasteiger partial charge in [0.05, 0.1) is 25.4 Å². The number of carbonyl (C=O) groups is 1. The van der Waals surface area contributed by atoms with Crippen LogP contribution in [0.5, 0.6) is 0 Å². The summed E-state index contributed by atoms with van der Waals surface area (Å²) in [7, 11) is 0. The van der Waals surface area contributed by atoms with Crippen molar-refractivity contribution < 1.29 is 18.7 Å². The van der Waals surface area contributed by atoms with Crippen LogP contribution < -0.4 is 0 Å². The fourth-order valence-electron chi connectivity index (χ4n) is 3.30. The number of hydrogen-bond acceptors (Lipinski definition) is 6. The van der Waals surface area contributed by atoms with Crippen LogP contribution in [0.3, 0.4) is 0 Å². The Hall–Kier alpha value is -2.25. The largest absolute Gasteiger partial charge is 0.421 e. The third kappa shape index (κ3) is 2.59. The Morgan fingerprint density at radius 1 is 1.12 bits per heavy atom.